The Hall–Kier alpha value is -2.04. The molecule has 0 bridgehead atoms. The minimum absolute atomic E-state index is 0. The van der Waals surface area contributed by atoms with Gasteiger partial charge in [-0.25, -0.2) is 4.99 Å². The summed E-state index contributed by atoms with van der Waals surface area (Å²) in [6.45, 7) is 8.16. The summed E-state index contributed by atoms with van der Waals surface area (Å²) in [4.78, 5) is 9.60. The van der Waals surface area contributed by atoms with Gasteiger partial charge >= 0.3 is 0 Å². The highest BCUT2D eigenvalue weighted by Gasteiger charge is 2.20. The van der Waals surface area contributed by atoms with Gasteiger partial charge in [0.2, 0.25) is 0 Å². The molecule has 2 aromatic rings. The third-order valence-electron chi connectivity index (χ3n) is 5.55. The number of hydrogen-bond acceptors (Lipinski definition) is 5. The molecule has 1 saturated heterocycles. The van der Waals surface area contributed by atoms with Crippen molar-refractivity contribution in [1.29, 1.82) is 0 Å². The molecule has 1 aliphatic heterocycles. The zero-order chi connectivity index (χ0) is 22.1. The third kappa shape index (κ3) is 6.98. The molecular weight excluding hydrogens is 519 g/mol. The van der Waals surface area contributed by atoms with Crippen molar-refractivity contribution in [2.45, 2.75) is 26.6 Å². The summed E-state index contributed by atoms with van der Waals surface area (Å²) >= 11 is 0. The number of aliphatic hydroxyl groups is 1. The van der Waals surface area contributed by atoms with Crippen molar-refractivity contribution >= 4 is 29.9 Å². The van der Waals surface area contributed by atoms with Crippen molar-refractivity contribution in [2.75, 3.05) is 46.9 Å². The van der Waals surface area contributed by atoms with Gasteiger partial charge in [-0.2, -0.15) is 0 Å². The average Bonchev–Trinajstić information content (AvgIpc) is 2.82. The highest BCUT2D eigenvalue weighted by atomic mass is 127. The van der Waals surface area contributed by atoms with E-state index >= 15 is 0 Å². The van der Waals surface area contributed by atoms with Gasteiger partial charge in [0.1, 0.15) is 0 Å². The summed E-state index contributed by atoms with van der Waals surface area (Å²) in [7, 11) is 3.32. The minimum Gasteiger partial charge on any atom is -0.493 e. The van der Waals surface area contributed by atoms with Gasteiger partial charge in [-0.05, 0) is 35.7 Å². The van der Waals surface area contributed by atoms with Gasteiger partial charge < -0.3 is 24.8 Å². The molecule has 2 N–H and O–H groups in total. The van der Waals surface area contributed by atoms with E-state index in [2.05, 4.69) is 34.2 Å². The molecule has 2 aromatic carbocycles. The number of benzene rings is 2. The molecule has 0 aromatic heterocycles. The van der Waals surface area contributed by atoms with E-state index in [1.54, 1.807) is 14.2 Å². The van der Waals surface area contributed by atoms with Crippen LogP contribution in [-0.2, 0) is 19.7 Å². The normalized spacial score (nSPS) is 14.6. The number of hydrogen-bond donors (Lipinski definition) is 2. The first kappa shape index (κ1) is 26.2. The van der Waals surface area contributed by atoms with Gasteiger partial charge in [-0.1, -0.05) is 30.3 Å². The van der Waals surface area contributed by atoms with E-state index in [9.17, 15) is 5.11 Å². The number of halogens is 1. The molecule has 1 heterocycles. The van der Waals surface area contributed by atoms with Gasteiger partial charge in [0.05, 0.1) is 27.4 Å². The Kier molecular flexibility index (Phi) is 11.1. The summed E-state index contributed by atoms with van der Waals surface area (Å²) < 4.78 is 10.8. The molecule has 0 spiro atoms. The zero-order valence-electron chi connectivity index (χ0n) is 19.2. The van der Waals surface area contributed by atoms with Crippen LogP contribution < -0.4 is 14.8 Å². The van der Waals surface area contributed by atoms with Gasteiger partial charge in [0.25, 0.3) is 0 Å². The zero-order valence-corrected chi connectivity index (χ0v) is 21.5. The molecular formula is C24H35IN4O3. The first-order chi connectivity index (χ1) is 15.2. The van der Waals surface area contributed by atoms with Crippen LogP contribution in [0, 0.1) is 0 Å². The fraction of sp³-hybridized carbons (Fsp3) is 0.458. The minimum atomic E-state index is 0. The van der Waals surface area contributed by atoms with Crippen LogP contribution in [0.15, 0.2) is 47.5 Å². The van der Waals surface area contributed by atoms with E-state index < -0.39 is 0 Å². The van der Waals surface area contributed by atoms with E-state index in [0.717, 1.165) is 67.9 Å². The fourth-order valence-electron chi connectivity index (χ4n) is 3.81. The van der Waals surface area contributed by atoms with E-state index in [-0.39, 0.29) is 30.6 Å². The predicted molar refractivity (Wildman–Crippen MR) is 139 cm³/mol. The first-order valence-electron chi connectivity index (χ1n) is 10.8. The van der Waals surface area contributed by atoms with Crippen LogP contribution in [0.4, 0.5) is 0 Å². The van der Waals surface area contributed by atoms with Crippen molar-refractivity contribution in [3.8, 4) is 11.5 Å². The van der Waals surface area contributed by atoms with Crippen LogP contribution in [0.25, 0.3) is 0 Å². The molecule has 8 heteroatoms. The number of nitrogens with zero attached hydrogens (tertiary/aromatic N) is 3. The molecule has 0 atom stereocenters. The highest BCUT2D eigenvalue weighted by molar-refractivity contribution is 14.0. The Morgan fingerprint density at radius 2 is 1.69 bits per heavy atom. The van der Waals surface area contributed by atoms with Crippen molar-refractivity contribution in [2.24, 2.45) is 4.99 Å². The number of ether oxygens (including phenoxy) is 2. The van der Waals surface area contributed by atoms with Crippen LogP contribution in [0.2, 0.25) is 0 Å². The monoisotopic (exact) mass is 554 g/mol. The molecule has 0 saturated carbocycles. The van der Waals surface area contributed by atoms with Crippen LogP contribution in [-0.4, -0.2) is 67.8 Å². The largest absolute Gasteiger partial charge is 0.493 e. The second-order valence-corrected chi connectivity index (χ2v) is 7.55. The Bertz CT molecular complexity index is 870. The Balaban J connectivity index is 0.00000363. The molecule has 1 fully saturated rings. The predicted octanol–water partition coefficient (Wildman–Crippen LogP) is 3.10. The quantitative estimate of drug-likeness (QED) is 0.297. The second-order valence-electron chi connectivity index (χ2n) is 7.55. The Labute approximate surface area is 208 Å². The molecule has 0 radical (unpaired) electrons. The Morgan fingerprint density at radius 3 is 2.31 bits per heavy atom. The van der Waals surface area contributed by atoms with Crippen molar-refractivity contribution in [3.63, 3.8) is 0 Å². The van der Waals surface area contributed by atoms with E-state index in [0.29, 0.717) is 6.54 Å². The van der Waals surface area contributed by atoms with E-state index in [1.807, 2.05) is 30.3 Å². The maximum Gasteiger partial charge on any atom is 0.194 e. The molecule has 176 valence electrons. The maximum atomic E-state index is 9.55. The van der Waals surface area contributed by atoms with Crippen molar-refractivity contribution in [3.05, 3.63) is 59.2 Å². The van der Waals surface area contributed by atoms with Gasteiger partial charge in [0.15, 0.2) is 17.5 Å². The molecule has 0 unspecified atom stereocenters. The second kappa shape index (κ2) is 13.5. The van der Waals surface area contributed by atoms with Gasteiger partial charge in [-0.3, -0.25) is 4.90 Å². The van der Waals surface area contributed by atoms with Crippen LogP contribution in [0.5, 0.6) is 11.5 Å². The summed E-state index contributed by atoms with van der Waals surface area (Å²) in [5.74, 6) is 2.45. The first-order valence-corrected chi connectivity index (χ1v) is 10.8. The summed E-state index contributed by atoms with van der Waals surface area (Å²) in [6, 6.07) is 14.0. The molecule has 0 amide bonds. The fourth-order valence-corrected chi connectivity index (χ4v) is 3.81. The summed E-state index contributed by atoms with van der Waals surface area (Å²) in [6.07, 6.45) is 0. The summed E-state index contributed by atoms with van der Waals surface area (Å²) in [5, 5.41) is 13.0. The highest BCUT2D eigenvalue weighted by Crippen LogP contribution is 2.28. The summed E-state index contributed by atoms with van der Waals surface area (Å²) in [5.41, 5.74) is 3.21. The lowest BCUT2D eigenvalue weighted by atomic mass is 10.1. The smallest absolute Gasteiger partial charge is 0.194 e. The molecule has 7 nitrogen and oxygen atoms in total. The maximum absolute atomic E-state index is 9.55. The third-order valence-corrected chi connectivity index (χ3v) is 5.55. The van der Waals surface area contributed by atoms with Crippen molar-refractivity contribution < 1.29 is 14.6 Å². The number of aliphatic imine (C=N–C) groups is 1. The van der Waals surface area contributed by atoms with Crippen LogP contribution >= 0.6 is 24.0 Å². The van der Waals surface area contributed by atoms with Gasteiger partial charge in [0, 0.05) is 39.3 Å². The standard InChI is InChI=1S/C24H34N4O3.HI/c1-4-25-24(26-16-20-7-5-6-8-21(20)18-29)28-13-11-27(12-14-28)17-19-9-10-22(30-2)23(15-19)31-3;/h5-10,15,29H,4,11-14,16-18H2,1-3H3,(H,25,26);1H. The number of guanidine groups is 1. The number of aliphatic hydroxyl groups excluding tert-OH is 1. The SMILES string of the molecule is CCNC(=NCc1ccccc1CO)N1CCN(Cc2ccc(OC)c(OC)c2)CC1.I. The lowest BCUT2D eigenvalue weighted by Gasteiger charge is -2.36. The van der Waals surface area contributed by atoms with Gasteiger partial charge in [-0.15, -0.1) is 24.0 Å². The lowest BCUT2D eigenvalue weighted by molar-refractivity contribution is 0.172. The number of piperazine rings is 1. The Morgan fingerprint density at radius 1 is 1.00 bits per heavy atom. The number of methoxy groups -OCH3 is 2. The van der Waals surface area contributed by atoms with E-state index in [1.165, 1.54) is 5.56 Å². The van der Waals surface area contributed by atoms with Crippen molar-refractivity contribution in [1.82, 2.24) is 15.1 Å². The molecule has 3 rings (SSSR count). The lowest BCUT2D eigenvalue weighted by Crippen LogP contribution is -2.52. The van der Waals surface area contributed by atoms with E-state index in [4.69, 9.17) is 14.5 Å². The molecule has 1 aliphatic rings. The molecule has 32 heavy (non-hydrogen) atoms. The van der Waals surface area contributed by atoms with Crippen LogP contribution in [0.3, 0.4) is 0 Å². The molecule has 0 aliphatic carbocycles. The number of nitrogens with one attached hydrogen (secondary N) is 1. The van der Waals surface area contributed by atoms with Crippen LogP contribution in [0.1, 0.15) is 23.6 Å². The number of rotatable bonds is 8. The average molecular weight is 554 g/mol. The topological polar surface area (TPSA) is 69.6 Å².